The Morgan fingerprint density at radius 2 is 1.73 bits per heavy atom. The number of carbonyl (C=O) groups is 2. The van der Waals surface area contributed by atoms with Crippen molar-refractivity contribution >= 4 is 23.4 Å². The Morgan fingerprint density at radius 1 is 1.12 bits per heavy atom. The molecule has 2 aromatic rings. The molecule has 2 rings (SSSR count). The van der Waals surface area contributed by atoms with E-state index in [0.717, 1.165) is 16.8 Å². The summed E-state index contributed by atoms with van der Waals surface area (Å²) in [6.45, 7) is 7.89. The molecular formula is C20H25N3O3. The minimum atomic E-state index is -0.424. The van der Waals surface area contributed by atoms with Gasteiger partial charge in [0, 0.05) is 12.7 Å². The zero-order chi connectivity index (χ0) is 19.4. The highest BCUT2D eigenvalue weighted by atomic mass is 16.5. The van der Waals surface area contributed by atoms with Gasteiger partial charge in [0.25, 0.3) is 0 Å². The molecule has 0 spiro atoms. The number of aromatic nitrogens is 1. The molecule has 0 aliphatic heterocycles. The van der Waals surface area contributed by atoms with Crippen molar-refractivity contribution in [3.63, 3.8) is 0 Å². The van der Waals surface area contributed by atoms with Crippen LogP contribution in [0.5, 0.6) is 0 Å². The number of amides is 1. The smallest absolute Gasteiger partial charge is 0.339 e. The van der Waals surface area contributed by atoms with Crippen LogP contribution in [0.2, 0.25) is 0 Å². The summed E-state index contributed by atoms with van der Waals surface area (Å²) < 4.78 is 4.72. The monoisotopic (exact) mass is 355 g/mol. The fraction of sp³-hybridized carbons (Fsp3) is 0.350. The standard InChI is InChI=1S/C20H25N3O3/c1-12-9-13(2)19(14(3)10-12)22-18(24)11-23(5)17-8-7-16(15(4)21-17)20(25)26-6/h7-10H,11H2,1-6H3,(H,22,24). The minimum Gasteiger partial charge on any atom is -0.465 e. The SMILES string of the molecule is COC(=O)c1ccc(N(C)CC(=O)Nc2c(C)cc(C)cc2C)nc1C. The highest BCUT2D eigenvalue weighted by Crippen LogP contribution is 2.22. The second-order valence-corrected chi connectivity index (χ2v) is 6.47. The molecule has 0 saturated heterocycles. The predicted molar refractivity (Wildman–Crippen MR) is 103 cm³/mol. The lowest BCUT2D eigenvalue weighted by molar-refractivity contribution is -0.114. The maximum atomic E-state index is 12.4. The van der Waals surface area contributed by atoms with Gasteiger partial charge in [-0.1, -0.05) is 17.7 Å². The van der Waals surface area contributed by atoms with Crippen LogP contribution in [0.4, 0.5) is 11.5 Å². The molecular weight excluding hydrogens is 330 g/mol. The Kier molecular flexibility index (Phi) is 5.97. The summed E-state index contributed by atoms with van der Waals surface area (Å²) in [4.78, 5) is 30.2. The van der Waals surface area contributed by atoms with E-state index in [2.05, 4.69) is 10.3 Å². The molecule has 0 atom stereocenters. The molecule has 1 N–H and O–H groups in total. The second-order valence-electron chi connectivity index (χ2n) is 6.47. The number of anilines is 2. The Balaban J connectivity index is 2.10. The molecule has 1 heterocycles. The molecule has 0 saturated carbocycles. The maximum absolute atomic E-state index is 12.4. The highest BCUT2D eigenvalue weighted by molar-refractivity contribution is 5.95. The topological polar surface area (TPSA) is 71.5 Å². The van der Waals surface area contributed by atoms with E-state index in [1.807, 2.05) is 32.9 Å². The number of ether oxygens (including phenoxy) is 1. The summed E-state index contributed by atoms with van der Waals surface area (Å²) in [6.07, 6.45) is 0. The second kappa shape index (κ2) is 7.99. The molecule has 0 aliphatic rings. The van der Waals surface area contributed by atoms with Crippen molar-refractivity contribution in [1.29, 1.82) is 0 Å². The van der Waals surface area contributed by atoms with Gasteiger partial charge in [0.2, 0.25) is 5.91 Å². The molecule has 1 aromatic carbocycles. The van der Waals surface area contributed by atoms with Crippen LogP contribution in [0, 0.1) is 27.7 Å². The van der Waals surface area contributed by atoms with Crippen molar-refractivity contribution in [3.05, 3.63) is 52.2 Å². The molecule has 0 aliphatic carbocycles. The fourth-order valence-corrected chi connectivity index (χ4v) is 2.94. The molecule has 0 fully saturated rings. The van der Waals surface area contributed by atoms with E-state index in [1.54, 1.807) is 31.0 Å². The number of rotatable bonds is 5. The third-order valence-corrected chi connectivity index (χ3v) is 4.19. The zero-order valence-electron chi connectivity index (χ0n) is 16.1. The van der Waals surface area contributed by atoms with E-state index in [1.165, 1.54) is 12.7 Å². The summed E-state index contributed by atoms with van der Waals surface area (Å²) in [5, 5.41) is 2.98. The van der Waals surface area contributed by atoms with Gasteiger partial charge in [-0.25, -0.2) is 9.78 Å². The van der Waals surface area contributed by atoms with E-state index >= 15 is 0 Å². The number of carbonyl (C=O) groups excluding carboxylic acids is 2. The average Bonchev–Trinajstić information content (AvgIpc) is 2.57. The van der Waals surface area contributed by atoms with Crippen LogP contribution < -0.4 is 10.2 Å². The number of nitrogens with one attached hydrogen (secondary N) is 1. The Morgan fingerprint density at radius 3 is 2.27 bits per heavy atom. The van der Waals surface area contributed by atoms with Gasteiger partial charge in [-0.3, -0.25) is 4.79 Å². The van der Waals surface area contributed by atoms with E-state index in [0.29, 0.717) is 17.1 Å². The molecule has 6 heteroatoms. The van der Waals surface area contributed by atoms with E-state index < -0.39 is 5.97 Å². The molecule has 1 amide bonds. The summed E-state index contributed by atoms with van der Waals surface area (Å²) in [6, 6.07) is 7.45. The first-order valence-corrected chi connectivity index (χ1v) is 8.37. The van der Waals surface area contributed by atoms with Gasteiger partial charge in [-0.2, -0.15) is 0 Å². The van der Waals surface area contributed by atoms with Gasteiger partial charge in [0.15, 0.2) is 0 Å². The summed E-state index contributed by atoms with van der Waals surface area (Å²) in [5.41, 5.74) is 5.07. The Labute approximate surface area is 154 Å². The number of pyridine rings is 1. The molecule has 0 bridgehead atoms. The summed E-state index contributed by atoms with van der Waals surface area (Å²) >= 11 is 0. The molecule has 0 unspecified atom stereocenters. The number of esters is 1. The van der Waals surface area contributed by atoms with Crippen LogP contribution in [-0.2, 0) is 9.53 Å². The normalized spacial score (nSPS) is 10.4. The average molecular weight is 355 g/mol. The quantitative estimate of drug-likeness (QED) is 0.834. The van der Waals surface area contributed by atoms with Gasteiger partial charge in [0.05, 0.1) is 24.9 Å². The van der Waals surface area contributed by atoms with Crippen LogP contribution >= 0.6 is 0 Å². The highest BCUT2D eigenvalue weighted by Gasteiger charge is 2.15. The van der Waals surface area contributed by atoms with Crippen molar-refractivity contribution in [2.45, 2.75) is 27.7 Å². The van der Waals surface area contributed by atoms with Crippen molar-refractivity contribution in [2.75, 3.05) is 30.9 Å². The van der Waals surface area contributed by atoms with E-state index in [4.69, 9.17) is 4.74 Å². The Bertz CT molecular complexity index is 823. The van der Waals surface area contributed by atoms with Crippen LogP contribution in [0.3, 0.4) is 0 Å². The third kappa shape index (κ3) is 4.39. The number of aryl methyl sites for hydroxylation is 4. The van der Waals surface area contributed by atoms with Crippen molar-refractivity contribution in [3.8, 4) is 0 Å². The third-order valence-electron chi connectivity index (χ3n) is 4.19. The van der Waals surface area contributed by atoms with Crippen LogP contribution in [0.1, 0.15) is 32.7 Å². The Hall–Kier alpha value is -2.89. The lowest BCUT2D eigenvalue weighted by Crippen LogP contribution is -2.31. The number of methoxy groups -OCH3 is 1. The molecule has 6 nitrogen and oxygen atoms in total. The number of benzene rings is 1. The summed E-state index contributed by atoms with van der Waals surface area (Å²) in [7, 11) is 3.12. The van der Waals surface area contributed by atoms with Crippen LogP contribution in [0.25, 0.3) is 0 Å². The van der Waals surface area contributed by atoms with Crippen LogP contribution in [0.15, 0.2) is 24.3 Å². The zero-order valence-corrected chi connectivity index (χ0v) is 16.1. The van der Waals surface area contributed by atoms with Gasteiger partial charge in [-0.15, -0.1) is 0 Å². The van der Waals surface area contributed by atoms with E-state index in [-0.39, 0.29) is 12.5 Å². The first kappa shape index (κ1) is 19.4. The van der Waals surface area contributed by atoms with Gasteiger partial charge in [0.1, 0.15) is 5.82 Å². The number of nitrogens with zero attached hydrogens (tertiary/aromatic N) is 2. The van der Waals surface area contributed by atoms with Crippen LogP contribution in [-0.4, -0.2) is 37.6 Å². The number of likely N-dealkylation sites (N-methyl/N-ethyl adjacent to an activating group) is 1. The summed E-state index contributed by atoms with van der Waals surface area (Å²) in [5.74, 6) is 0.0639. The lowest BCUT2D eigenvalue weighted by atomic mass is 10.1. The largest absolute Gasteiger partial charge is 0.465 e. The molecule has 0 radical (unpaired) electrons. The van der Waals surface area contributed by atoms with Gasteiger partial charge < -0.3 is 15.0 Å². The number of hydrogen-bond donors (Lipinski definition) is 1. The first-order chi connectivity index (χ1) is 12.2. The first-order valence-electron chi connectivity index (χ1n) is 8.37. The molecule has 26 heavy (non-hydrogen) atoms. The lowest BCUT2D eigenvalue weighted by Gasteiger charge is -2.20. The number of hydrogen-bond acceptors (Lipinski definition) is 5. The molecule has 138 valence electrons. The van der Waals surface area contributed by atoms with Crippen molar-refractivity contribution in [1.82, 2.24) is 4.98 Å². The van der Waals surface area contributed by atoms with Gasteiger partial charge in [-0.05, 0) is 51.0 Å². The maximum Gasteiger partial charge on any atom is 0.339 e. The van der Waals surface area contributed by atoms with Gasteiger partial charge >= 0.3 is 5.97 Å². The molecule has 1 aromatic heterocycles. The van der Waals surface area contributed by atoms with Crippen molar-refractivity contribution in [2.24, 2.45) is 0 Å². The fourth-order valence-electron chi connectivity index (χ4n) is 2.94. The minimum absolute atomic E-state index is 0.126. The predicted octanol–water partition coefficient (Wildman–Crippen LogP) is 3.18. The van der Waals surface area contributed by atoms with E-state index in [9.17, 15) is 9.59 Å². The van der Waals surface area contributed by atoms with Crippen molar-refractivity contribution < 1.29 is 14.3 Å².